The number of amides is 4. The topological polar surface area (TPSA) is 87.3 Å². The SMILES string of the molecule is O=C1NC(=O)C(CNC(=O)c2cccs2)N1. The number of carbonyl (C=O) groups is 3. The van der Waals surface area contributed by atoms with Crippen LogP contribution in [0.1, 0.15) is 9.67 Å². The van der Waals surface area contributed by atoms with Gasteiger partial charge in [0.15, 0.2) is 0 Å². The summed E-state index contributed by atoms with van der Waals surface area (Å²) in [6, 6.07) is 2.24. The second-order valence-corrected chi connectivity index (χ2v) is 4.15. The van der Waals surface area contributed by atoms with Crippen molar-refractivity contribution < 1.29 is 14.4 Å². The maximum atomic E-state index is 11.5. The third-order valence-corrected chi connectivity index (χ3v) is 2.94. The van der Waals surface area contributed by atoms with Crippen LogP contribution in [0.15, 0.2) is 17.5 Å². The van der Waals surface area contributed by atoms with Crippen LogP contribution in [-0.2, 0) is 4.79 Å². The van der Waals surface area contributed by atoms with Crippen molar-refractivity contribution in [3.63, 3.8) is 0 Å². The highest BCUT2D eigenvalue weighted by atomic mass is 32.1. The summed E-state index contributed by atoms with van der Waals surface area (Å²) in [5.41, 5.74) is 0. The van der Waals surface area contributed by atoms with Crippen LogP contribution in [0, 0.1) is 0 Å². The summed E-state index contributed by atoms with van der Waals surface area (Å²) in [5.74, 6) is -0.666. The van der Waals surface area contributed by atoms with Crippen molar-refractivity contribution in [1.82, 2.24) is 16.0 Å². The Morgan fingerprint density at radius 1 is 1.50 bits per heavy atom. The zero-order chi connectivity index (χ0) is 11.5. The van der Waals surface area contributed by atoms with Crippen LogP contribution in [0.25, 0.3) is 0 Å². The molecule has 6 nitrogen and oxygen atoms in total. The van der Waals surface area contributed by atoms with Gasteiger partial charge < -0.3 is 10.6 Å². The summed E-state index contributed by atoms with van der Waals surface area (Å²) in [5, 5.41) is 8.85. The van der Waals surface area contributed by atoms with E-state index in [1.54, 1.807) is 17.5 Å². The molecule has 84 valence electrons. The van der Waals surface area contributed by atoms with Gasteiger partial charge in [-0.3, -0.25) is 14.9 Å². The lowest BCUT2D eigenvalue weighted by molar-refractivity contribution is -0.120. The number of carbonyl (C=O) groups excluding carboxylic acids is 3. The monoisotopic (exact) mass is 239 g/mol. The highest BCUT2D eigenvalue weighted by Gasteiger charge is 2.29. The smallest absolute Gasteiger partial charge is 0.322 e. The summed E-state index contributed by atoms with van der Waals surface area (Å²) in [6.45, 7) is 0.0916. The van der Waals surface area contributed by atoms with E-state index in [4.69, 9.17) is 0 Å². The predicted octanol–water partition coefficient (Wildman–Crippen LogP) is -0.314. The number of urea groups is 1. The average molecular weight is 239 g/mol. The molecule has 4 amide bonds. The second kappa shape index (κ2) is 4.31. The molecule has 1 aromatic heterocycles. The third kappa shape index (κ3) is 2.19. The molecule has 2 heterocycles. The van der Waals surface area contributed by atoms with Crippen LogP contribution in [0.2, 0.25) is 0 Å². The highest BCUT2D eigenvalue weighted by molar-refractivity contribution is 7.12. The highest BCUT2D eigenvalue weighted by Crippen LogP contribution is 2.07. The Bertz CT molecular complexity index is 429. The van der Waals surface area contributed by atoms with Crippen LogP contribution in [0.5, 0.6) is 0 Å². The fourth-order valence-electron chi connectivity index (χ4n) is 1.29. The number of hydrogen-bond acceptors (Lipinski definition) is 4. The van der Waals surface area contributed by atoms with Gasteiger partial charge in [-0.15, -0.1) is 11.3 Å². The summed E-state index contributed by atoms with van der Waals surface area (Å²) >= 11 is 1.31. The molecule has 1 atom stereocenters. The van der Waals surface area contributed by atoms with Gasteiger partial charge in [-0.2, -0.15) is 0 Å². The first-order valence-corrected chi connectivity index (χ1v) is 5.48. The van der Waals surface area contributed by atoms with Gasteiger partial charge in [-0.1, -0.05) is 6.07 Å². The first-order valence-electron chi connectivity index (χ1n) is 4.60. The zero-order valence-electron chi connectivity index (χ0n) is 8.15. The lowest BCUT2D eigenvalue weighted by atomic mass is 10.3. The molecule has 0 radical (unpaired) electrons. The van der Waals surface area contributed by atoms with Crippen molar-refractivity contribution in [1.29, 1.82) is 0 Å². The number of thiophene rings is 1. The Morgan fingerprint density at radius 3 is 2.88 bits per heavy atom. The molecule has 1 unspecified atom stereocenters. The van der Waals surface area contributed by atoms with E-state index in [0.29, 0.717) is 4.88 Å². The molecule has 1 aromatic rings. The molecular formula is C9H9N3O3S. The molecule has 1 fully saturated rings. The van der Waals surface area contributed by atoms with Crippen LogP contribution < -0.4 is 16.0 Å². The number of hydrogen-bond donors (Lipinski definition) is 3. The van der Waals surface area contributed by atoms with Gasteiger partial charge in [0.25, 0.3) is 11.8 Å². The van der Waals surface area contributed by atoms with E-state index in [9.17, 15) is 14.4 Å². The minimum atomic E-state index is -0.684. The van der Waals surface area contributed by atoms with Crippen molar-refractivity contribution >= 4 is 29.2 Å². The second-order valence-electron chi connectivity index (χ2n) is 3.20. The van der Waals surface area contributed by atoms with Crippen LogP contribution >= 0.6 is 11.3 Å². The number of imide groups is 1. The summed E-state index contributed by atoms with van der Waals surface area (Å²) in [4.78, 5) is 34.0. The van der Waals surface area contributed by atoms with Gasteiger partial charge in [0.1, 0.15) is 6.04 Å². The van der Waals surface area contributed by atoms with Gasteiger partial charge in [0, 0.05) is 6.54 Å². The van der Waals surface area contributed by atoms with E-state index in [-0.39, 0.29) is 12.5 Å². The standard InChI is InChI=1S/C9H9N3O3S/c13-7-5(11-9(15)12-7)4-10-8(14)6-2-1-3-16-6/h1-3,5H,4H2,(H,10,14)(H2,11,12,13,15). The number of rotatable bonds is 3. The summed E-state index contributed by atoms with van der Waals surface area (Å²) in [7, 11) is 0. The molecule has 16 heavy (non-hydrogen) atoms. The molecule has 7 heteroatoms. The van der Waals surface area contributed by atoms with E-state index < -0.39 is 18.0 Å². The van der Waals surface area contributed by atoms with Crippen molar-refractivity contribution in [3.05, 3.63) is 22.4 Å². The molecule has 0 aliphatic carbocycles. The van der Waals surface area contributed by atoms with Crippen LogP contribution in [0.4, 0.5) is 4.79 Å². The first-order chi connectivity index (χ1) is 7.66. The van der Waals surface area contributed by atoms with Crippen LogP contribution in [-0.4, -0.2) is 30.4 Å². The van der Waals surface area contributed by atoms with Gasteiger partial charge in [0.2, 0.25) is 0 Å². The maximum Gasteiger partial charge on any atom is 0.322 e. The average Bonchev–Trinajstić information content (AvgIpc) is 2.84. The fraction of sp³-hybridized carbons (Fsp3) is 0.222. The van der Waals surface area contributed by atoms with Crippen molar-refractivity contribution in [2.24, 2.45) is 0 Å². The van der Waals surface area contributed by atoms with Gasteiger partial charge in [0.05, 0.1) is 4.88 Å². The van der Waals surface area contributed by atoms with E-state index in [0.717, 1.165) is 0 Å². The molecule has 0 spiro atoms. The molecule has 3 N–H and O–H groups in total. The Labute approximate surface area is 95.0 Å². The molecule has 0 bridgehead atoms. The van der Waals surface area contributed by atoms with Gasteiger partial charge >= 0.3 is 6.03 Å². The number of nitrogens with one attached hydrogen (secondary N) is 3. The normalized spacial score (nSPS) is 19.1. The minimum absolute atomic E-state index is 0.0916. The zero-order valence-corrected chi connectivity index (χ0v) is 8.97. The van der Waals surface area contributed by atoms with Crippen molar-refractivity contribution in [2.75, 3.05) is 6.54 Å². The fourth-order valence-corrected chi connectivity index (χ4v) is 1.93. The Kier molecular flexibility index (Phi) is 2.86. The molecule has 2 rings (SSSR count). The quantitative estimate of drug-likeness (QED) is 0.632. The lowest BCUT2D eigenvalue weighted by Crippen LogP contribution is -2.41. The van der Waals surface area contributed by atoms with Gasteiger partial charge in [-0.25, -0.2) is 4.79 Å². The Morgan fingerprint density at radius 2 is 2.31 bits per heavy atom. The van der Waals surface area contributed by atoms with E-state index >= 15 is 0 Å². The summed E-state index contributed by atoms with van der Waals surface area (Å²) in [6.07, 6.45) is 0. The molecule has 1 aliphatic rings. The van der Waals surface area contributed by atoms with E-state index in [1.165, 1.54) is 11.3 Å². The van der Waals surface area contributed by atoms with Crippen molar-refractivity contribution in [3.8, 4) is 0 Å². The Balaban J connectivity index is 1.86. The van der Waals surface area contributed by atoms with Gasteiger partial charge in [-0.05, 0) is 11.4 Å². The van der Waals surface area contributed by atoms with E-state index in [2.05, 4.69) is 16.0 Å². The lowest BCUT2D eigenvalue weighted by Gasteiger charge is -2.07. The molecule has 1 aliphatic heterocycles. The molecule has 1 saturated heterocycles. The first kappa shape index (κ1) is 10.6. The predicted molar refractivity (Wildman–Crippen MR) is 57.1 cm³/mol. The Hall–Kier alpha value is -1.89. The molecule has 0 aromatic carbocycles. The van der Waals surface area contributed by atoms with E-state index in [1.807, 2.05) is 0 Å². The van der Waals surface area contributed by atoms with Crippen molar-refractivity contribution in [2.45, 2.75) is 6.04 Å². The minimum Gasteiger partial charge on any atom is -0.349 e. The molecule has 0 saturated carbocycles. The third-order valence-electron chi connectivity index (χ3n) is 2.07. The maximum absolute atomic E-state index is 11.5. The molecular weight excluding hydrogens is 230 g/mol. The van der Waals surface area contributed by atoms with Crippen LogP contribution in [0.3, 0.4) is 0 Å². The summed E-state index contributed by atoms with van der Waals surface area (Å²) < 4.78 is 0. The largest absolute Gasteiger partial charge is 0.349 e.